The Morgan fingerprint density at radius 3 is 1.86 bits per heavy atom. The van der Waals surface area contributed by atoms with Crippen LogP contribution in [0, 0.1) is 26.8 Å². The van der Waals surface area contributed by atoms with Crippen LogP contribution in [-0.4, -0.2) is 84.1 Å². The highest BCUT2D eigenvalue weighted by Crippen LogP contribution is 2.27. The van der Waals surface area contributed by atoms with Gasteiger partial charge in [-0.15, -0.1) is 0 Å². The topological polar surface area (TPSA) is 122 Å². The average molecular weight is 984 g/mol. The first-order valence-electron chi connectivity index (χ1n) is 18.6. The molecule has 0 spiro atoms. The van der Waals surface area contributed by atoms with Crippen molar-refractivity contribution in [2.24, 2.45) is 0 Å². The molecule has 1 aliphatic heterocycles. The number of amides is 2. The number of piperazine rings is 1. The Morgan fingerprint density at radius 1 is 0.696 bits per heavy atom. The lowest BCUT2D eigenvalue weighted by Crippen LogP contribution is -2.47. The first kappa shape index (κ1) is 43.0. The molecule has 5 aromatic rings. The number of carbonyl (C=O) groups is 2. The summed E-state index contributed by atoms with van der Waals surface area (Å²) in [5.74, 6) is -0.843. The van der Waals surface area contributed by atoms with Gasteiger partial charge in [0.1, 0.15) is 5.82 Å². The van der Waals surface area contributed by atoms with Gasteiger partial charge in [-0.3, -0.25) is 19.5 Å². The highest BCUT2D eigenvalue weighted by atomic mass is 127. The molecule has 0 saturated carbocycles. The van der Waals surface area contributed by atoms with Crippen LogP contribution >= 0.6 is 45.2 Å². The summed E-state index contributed by atoms with van der Waals surface area (Å²) in [5, 5.41) is 21.6. The minimum absolute atomic E-state index is 0.0472. The van der Waals surface area contributed by atoms with Crippen molar-refractivity contribution in [2.45, 2.75) is 26.8 Å². The molecule has 0 atom stereocenters. The summed E-state index contributed by atoms with van der Waals surface area (Å²) in [4.78, 5) is 34.0. The molecule has 0 bridgehead atoms. The number of nitrogens with zero attached hydrogens (tertiary/aromatic N) is 3. The summed E-state index contributed by atoms with van der Waals surface area (Å²) >= 11 is 4.55. The van der Waals surface area contributed by atoms with E-state index in [2.05, 4.69) is 100 Å². The van der Waals surface area contributed by atoms with Crippen LogP contribution in [0.1, 0.15) is 43.8 Å². The number of anilines is 4. The Hall–Kier alpha value is -4.16. The summed E-state index contributed by atoms with van der Waals surface area (Å²) in [7, 11) is 0. The largest absolute Gasteiger partial charge is 0.395 e. The monoisotopic (exact) mass is 983 g/mol. The van der Waals surface area contributed by atoms with Gasteiger partial charge in [-0.25, -0.2) is 4.39 Å². The van der Waals surface area contributed by atoms with Gasteiger partial charge in [-0.05, 0) is 168 Å². The van der Waals surface area contributed by atoms with E-state index < -0.39 is 5.82 Å². The molecular formula is C43H48FI2N7O3. The molecule has 10 nitrogen and oxygen atoms in total. The smallest absolute Gasteiger partial charge is 0.253 e. The number of aryl methyl sites for hydroxylation is 2. The van der Waals surface area contributed by atoms with E-state index in [9.17, 15) is 14.0 Å². The van der Waals surface area contributed by atoms with E-state index in [4.69, 9.17) is 5.11 Å². The fraction of sp³-hybridized carbons (Fsp3) is 0.279. The van der Waals surface area contributed by atoms with Crippen molar-refractivity contribution < 1.29 is 19.1 Å². The third kappa shape index (κ3) is 13.2. The number of para-hydroxylation sites is 1. The quantitative estimate of drug-likeness (QED) is 0.0564. The number of benzene rings is 4. The second-order valence-corrected chi connectivity index (χ2v) is 15.9. The SMILES string of the molecule is Cc1cc(I)ccc1Nc1ccc(F)cc1C(=O)NCc1ccncc1.Cc1cc(I)ccc1Nc1ccccc1C(=O)NCCCN1CCN(CCO)CC1. The maximum Gasteiger partial charge on any atom is 0.253 e. The number of hydrogen-bond donors (Lipinski definition) is 5. The number of pyridine rings is 1. The fourth-order valence-electron chi connectivity index (χ4n) is 6.18. The van der Waals surface area contributed by atoms with E-state index in [0.717, 1.165) is 83.0 Å². The van der Waals surface area contributed by atoms with Crippen molar-refractivity contribution in [3.63, 3.8) is 0 Å². The number of halogens is 3. The number of aliphatic hydroxyl groups is 1. The first-order chi connectivity index (χ1) is 27.1. The molecule has 294 valence electrons. The minimum atomic E-state index is -0.455. The zero-order valence-electron chi connectivity index (χ0n) is 31.6. The number of aliphatic hydroxyl groups excluding tert-OH is 1. The van der Waals surface area contributed by atoms with E-state index in [0.29, 0.717) is 24.3 Å². The van der Waals surface area contributed by atoms with Crippen molar-refractivity contribution in [1.82, 2.24) is 25.4 Å². The van der Waals surface area contributed by atoms with Crippen molar-refractivity contribution in [3.8, 4) is 0 Å². The molecule has 1 aliphatic rings. The Kier molecular flexibility index (Phi) is 16.8. The van der Waals surface area contributed by atoms with Gasteiger partial charge in [-0.2, -0.15) is 0 Å². The molecule has 2 amide bonds. The summed E-state index contributed by atoms with van der Waals surface area (Å²) in [6.45, 7) is 11.1. The predicted molar refractivity (Wildman–Crippen MR) is 240 cm³/mol. The van der Waals surface area contributed by atoms with Crippen LogP contribution in [-0.2, 0) is 6.54 Å². The zero-order chi connectivity index (χ0) is 39.9. The van der Waals surface area contributed by atoms with Gasteiger partial charge >= 0.3 is 0 Å². The molecule has 0 aliphatic carbocycles. The molecule has 0 radical (unpaired) electrons. The zero-order valence-corrected chi connectivity index (χ0v) is 35.9. The van der Waals surface area contributed by atoms with Crippen molar-refractivity contribution in [3.05, 3.63) is 144 Å². The van der Waals surface area contributed by atoms with Gasteiger partial charge in [-0.1, -0.05) is 12.1 Å². The lowest BCUT2D eigenvalue weighted by molar-refractivity contribution is 0.0939. The summed E-state index contributed by atoms with van der Waals surface area (Å²) in [5.41, 5.74) is 7.30. The first-order valence-corrected chi connectivity index (χ1v) is 20.7. The molecule has 1 saturated heterocycles. The van der Waals surface area contributed by atoms with Crippen molar-refractivity contribution >= 4 is 79.7 Å². The standard InChI is InChI=1S/C23H31IN4O2.C20H17FIN3O/c1-18-17-19(24)7-8-21(18)26-22-6-3-2-5-20(22)23(30)25-9-4-10-27-11-13-28(14-12-27)15-16-29;1-13-10-16(22)3-5-18(13)25-19-4-2-15(21)11-17(19)20(26)24-12-14-6-8-23-9-7-14/h2-3,5-8,17,26,29H,4,9-16H2,1H3,(H,25,30);2-11,25H,12H2,1H3,(H,24,26). The van der Waals surface area contributed by atoms with E-state index >= 15 is 0 Å². The maximum absolute atomic E-state index is 13.7. The third-order valence-electron chi connectivity index (χ3n) is 9.33. The summed E-state index contributed by atoms with van der Waals surface area (Å²) < 4.78 is 16.0. The lowest BCUT2D eigenvalue weighted by atomic mass is 10.1. The average Bonchev–Trinajstić information content (AvgIpc) is 3.20. The fourth-order valence-corrected chi connectivity index (χ4v) is 7.48. The molecular weight excluding hydrogens is 935 g/mol. The number of carbonyl (C=O) groups excluding carboxylic acids is 2. The summed E-state index contributed by atoms with van der Waals surface area (Å²) in [6, 6.07) is 27.6. The molecule has 1 fully saturated rings. The van der Waals surface area contributed by atoms with Gasteiger partial charge in [0, 0.05) is 76.7 Å². The van der Waals surface area contributed by atoms with E-state index in [-0.39, 0.29) is 24.0 Å². The van der Waals surface area contributed by atoms with Crippen LogP contribution in [0.3, 0.4) is 0 Å². The van der Waals surface area contributed by atoms with Crippen LogP contribution in [0.5, 0.6) is 0 Å². The van der Waals surface area contributed by atoms with E-state index in [1.54, 1.807) is 18.5 Å². The predicted octanol–water partition coefficient (Wildman–Crippen LogP) is 7.88. The van der Waals surface area contributed by atoms with Crippen LogP contribution < -0.4 is 21.3 Å². The van der Waals surface area contributed by atoms with Gasteiger partial charge in [0.05, 0.1) is 29.1 Å². The second-order valence-electron chi connectivity index (χ2n) is 13.5. The minimum Gasteiger partial charge on any atom is -0.395 e. The van der Waals surface area contributed by atoms with E-state index in [1.165, 1.54) is 15.7 Å². The molecule has 6 rings (SSSR count). The number of hydrogen-bond acceptors (Lipinski definition) is 8. The molecule has 0 unspecified atom stereocenters. The molecule has 2 heterocycles. The summed E-state index contributed by atoms with van der Waals surface area (Å²) in [6.07, 6.45) is 4.25. The highest BCUT2D eigenvalue weighted by molar-refractivity contribution is 14.1. The van der Waals surface area contributed by atoms with Crippen LogP contribution in [0.15, 0.2) is 103 Å². The van der Waals surface area contributed by atoms with Crippen LogP contribution in [0.25, 0.3) is 0 Å². The number of nitrogens with one attached hydrogen (secondary N) is 4. The Bertz CT molecular complexity index is 2060. The number of rotatable bonds is 14. The van der Waals surface area contributed by atoms with Crippen LogP contribution in [0.2, 0.25) is 0 Å². The van der Waals surface area contributed by atoms with Gasteiger partial charge in [0.25, 0.3) is 11.8 Å². The van der Waals surface area contributed by atoms with Gasteiger partial charge < -0.3 is 31.3 Å². The molecule has 5 N–H and O–H groups in total. The Balaban J connectivity index is 0.000000216. The second kappa shape index (κ2) is 22.0. The molecule has 4 aromatic carbocycles. The highest BCUT2D eigenvalue weighted by Gasteiger charge is 2.17. The Morgan fingerprint density at radius 2 is 1.25 bits per heavy atom. The van der Waals surface area contributed by atoms with Crippen molar-refractivity contribution in [2.75, 3.05) is 63.1 Å². The lowest BCUT2D eigenvalue weighted by Gasteiger charge is -2.34. The van der Waals surface area contributed by atoms with Gasteiger partial charge in [0.15, 0.2) is 0 Å². The number of aromatic nitrogens is 1. The third-order valence-corrected chi connectivity index (χ3v) is 10.7. The maximum atomic E-state index is 13.7. The van der Waals surface area contributed by atoms with E-state index in [1.807, 2.05) is 67.6 Å². The normalized spacial score (nSPS) is 13.0. The number of β-amino-alcohol motifs (C(OH)–C–C–N with tert-alkyl or cyclic N) is 1. The van der Waals surface area contributed by atoms with Gasteiger partial charge in [0.2, 0.25) is 0 Å². The van der Waals surface area contributed by atoms with Crippen LogP contribution in [0.4, 0.5) is 27.1 Å². The molecule has 1 aromatic heterocycles. The Labute approximate surface area is 356 Å². The van der Waals surface area contributed by atoms with Crippen molar-refractivity contribution in [1.29, 1.82) is 0 Å². The molecule has 13 heteroatoms. The molecule has 56 heavy (non-hydrogen) atoms.